The molecule has 3 aromatic rings. The van der Waals surface area contributed by atoms with E-state index in [9.17, 15) is 4.79 Å². The summed E-state index contributed by atoms with van der Waals surface area (Å²) in [5.74, 6) is -0.926. The molecule has 0 saturated heterocycles. The largest absolute Gasteiger partial charge is 0.478 e. The molecule has 18 heavy (non-hydrogen) atoms. The quantitative estimate of drug-likeness (QED) is 0.786. The minimum Gasteiger partial charge on any atom is -0.478 e. The van der Waals surface area contributed by atoms with Crippen LogP contribution in [0, 0.1) is 0 Å². The fourth-order valence-corrected chi connectivity index (χ4v) is 2.60. The van der Waals surface area contributed by atoms with Crippen molar-refractivity contribution in [3.63, 3.8) is 0 Å². The van der Waals surface area contributed by atoms with Gasteiger partial charge in [-0.1, -0.05) is 6.07 Å². The van der Waals surface area contributed by atoms with Crippen LogP contribution in [-0.2, 0) is 6.54 Å². The minimum absolute atomic E-state index is 0.267. The Balaban J connectivity index is 2.02. The molecule has 0 unspecified atom stereocenters. The van der Waals surface area contributed by atoms with Crippen LogP contribution in [-0.4, -0.2) is 20.6 Å². The van der Waals surface area contributed by atoms with Gasteiger partial charge in [0.05, 0.1) is 29.5 Å². The fraction of sp³-hybridized carbons (Fsp3) is 0.0769. The number of aromatic carboxylic acids is 1. The maximum absolute atomic E-state index is 10.9. The van der Waals surface area contributed by atoms with E-state index in [1.807, 2.05) is 16.0 Å². The van der Waals surface area contributed by atoms with Crippen LogP contribution in [0.15, 0.2) is 42.0 Å². The molecule has 0 fully saturated rings. The van der Waals surface area contributed by atoms with Crippen LogP contribution >= 0.6 is 11.3 Å². The molecular weight excluding hydrogens is 248 g/mol. The highest BCUT2D eigenvalue weighted by atomic mass is 32.1. The van der Waals surface area contributed by atoms with Crippen LogP contribution in [0.4, 0.5) is 0 Å². The molecule has 0 atom stereocenters. The van der Waals surface area contributed by atoms with Gasteiger partial charge in [-0.05, 0) is 29.6 Å². The van der Waals surface area contributed by atoms with Crippen molar-refractivity contribution in [3.8, 4) is 0 Å². The molecule has 1 N–H and O–H groups in total. The second-order valence-corrected chi connectivity index (χ2v) is 4.99. The van der Waals surface area contributed by atoms with E-state index in [0.29, 0.717) is 5.52 Å². The molecule has 1 aromatic carbocycles. The second-order valence-electron chi connectivity index (χ2n) is 3.96. The first-order valence-corrected chi connectivity index (χ1v) is 6.32. The van der Waals surface area contributed by atoms with Gasteiger partial charge in [-0.3, -0.25) is 0 Å². The lowest BCUT2D eigenvalue weighted by atomic mass is 10.2. The summed E-state index contributed by atoms with van der Waals surface area (Å²) >= 11 is 1.70. The number of fused-ring (bicyclic) bond motifs is 1. The number of aromatic nitrogens is 2. The van der Waals surface area contributed by atoms with Gasteiger partial charge in [0.2, 0.25) is 0 Å². The minimum atomic E-state index is -0.926. The molecule has 2 heterocycles. The summed E-state index contributed by atoms with van der Waals surface area (Å²) < 4.78 is 2.02. The zero-order valence-corrected chi connectivity index (χ0v) is 10.2. The molecule has 0 saturated carbocycles. The van der Waals surface area contributed by atoms with Crippen LogP contribution in [0.25, 0.3) is 11.0 Å². The van der Waals surface area contributed by atoms with Gasteiger partial charge < -0.3 is 9.67 Å². The molecular formula is C13H10N2O2S. The van der Waals surface area contributed by atoms with Gasteiger partial charge in [0.25, 0.3) is 0 Å². The predicted molar refractivity (Wildman–Crippen MR) is 70.1 cm³/mol. The second kappa shape index (κ2) is 4.27. The summed E-state index contributed by atoms with van der Waals surface area (Å²) in [6, 6.07) is 9.10. The van der Waals surface area contributed by atoms with Gasteiger partial charge in [0.1, 0.15) is 0 Å². The van der Waals surface area contributed by atoms with Crippen LogP contribution in [0.5, 0.6) is 0 Å². The highest BCUT2D eigenvalue weighted by Crippen LogP contribution is 2.18. The molecule has 0 bridgehead atoms. The number of thiophene rings is 1. The first-order valence-electron chi connectivity index (χ1n) is 5.44. The van der Waals surface area contributed by atoms with E-state index in [1.54, 1.807) is 35.9 Å². The summed E-state index contributed by atoms with van der Waals surface area (Å²) in [6.07, 6.45) is 1.75. The van der Waals surface area contributed by atoms with Crippen LogP contribution in [0.1, 0.15) is 15.2 Å². The Morgan fingerprint density at radius 1 is 1.39 bits per heavy atom. The number of benzene rings is 1. The monoisotopic (exact) mass is 258 g/mol. The predicted octanol–water partition coefficient (Wildman–Crippen LogP) is 2.84. The molecule has 0 amide bonds. The number of nitrogens with zero attached hydrogens (tertiary/aromatic N) is 2. The number of hydrogen-bond donors (Lipinski definition) is 1. The number of imidazole rings is 1. The highest BCUT2D eigenvalue weighted by Gasteiger charge is 2.08. The number of rotatable bonds is 3. The molecule has 0 aliphatic rings. The van der Waals surface area contributed by atoms with E-state index in [-0.39, 0.29) is 5.56 Å². The zero-order chi connectivity index (χ0) is 12.5. The third-order valence-corrected chi connectivity index (χ3v) is 3.64. The van der Waals surface area contributed by atoms with Crippen molar-refractivity contribution in [3.05, 3.63) is 52.5 Å². The summed E-state index contributed by atoms with van der Waals surface area (Å²) in [7, 11) is 0. The van der Waals surface area contributed by atoms with Gasteiger partial charge in [-0.15, -0.1) is 11.3 Å². The summed E-state index contributed by atoms with van der Waals surface area (Å²) in [5.41, 5.74) is 1.93. The van der Waals surface area contributed by atoms with Gasteiger partial charge in [0.15, 0.2) is 0 Å². The molecule has 0 radical (unpaired) electrons. The number of carboxylic acid groups (broad SMARTS) is 1. The molecule has 0 spiro atoms. The lowest BCUT2D eigenvalue weighted by molar-refractivity contribution is 0.0697. The van der Waals surface area contributed by atoms with E-state index in [0.717, 1.165) is 12.1 Å². The molecule has 3 rings (SSSR count). The van der Waals surface area contributed by atoms with Crippen LogP contribution in [0.2, 0.25) is 0 Å². The normalized spacial score (nSPS) is 10.9. The highest BCUT2D eigenvalue weighted by molar-refractivity contribution is 7.09. The number of carbonyl (C=O) groups is 1. The van der Waals surface area contributed by atoms with Gasteiger partial charge in [-0.25, -0.2) is 9.78 Å². The van der Waals surface area contributed by atoms with E-state index in [1.165, 1.54) is 4.88 Å². The maximum atomic E-state index is 10.9. The number of hydrogen-bond acceptors (Lipinski definition) is 3. The Kier molecular flexibility index (Phi) is 2.60. The smallest absolute Gasteiger partial charge is 0.335 e. The zero-order valence-electron chi connectivity index (χ0n) is 9.41. The topological polar surface area (TPSA) is 55.1 Å². The molecule has 0 aliphatic heterocycles. The SMILES string of the molecule is O=C(O)c1ccc2c(c1)ncn2Cc1cccs1. The summed E-state index contributed by atoms with van der Waals surface area (Å²) in [6.45, 7) is 0.764. The van der Waals surface area contributed by atoms with E-state index in [4.69, 9.17) is 5.11 Å². The Labute approximate surface area is 107 Å². The van der Waals surface area contributed by atoms with Crippen LogP contribution in [0.3, 0.4) is 0 Å². The third-order valence-electron chi connectivity index (χ3n) is 2.77. The van der Waals surface area contributed by atoms with Gasteiger partial charge in [0, 0.05) is 4.88 Å². The summed E-state index contributed by atoms with van der Waals surface area (Å²) in [5, 5.41) is 11.0. The fourth-order valence-electron chi connectivity index (χ4n) is 1.89. The number of carboxylic acids is 1. The lowest BCUT2D eigenvalue weighted by Gasteiger charge is -2.02. The molecule has 5 heteroatoms. The van der Waals surface area contributed by atoms with Crippen molar-refractivity contribution in [1.82, 2.24) is 9.55 Å². The first kappa shape index (κ1) is 11.0. The van der Waals surface area contributed by atoms with E-state index in [2.05, 4.69) is 11.1 Å². The first-order chi connectivity index (χ1) is 8.74. The third kappa shape index (κ3) is 1.89. The Bertz CT molecular complexity index is 701. The Morgan fingerprint density at radius 3 is 3.00 bits per heavy atom. The molecule has 90 valence electrons. The summed E-state index contributed by atoms with van der Waals surface area (Å²) in [4.78, 5) is 16.4. The van der Waals surface area contributed by atoms with Crippen molar-refractivity contribution < 1.29 is 9.90 Å². The van der Waals surface area contributed by atoms with Crippen LogP contribution < -0.4 is 0 Å². The van der Waals surface area contributed by atoms with Crippen molar-refractivity contribution in [2.45, 2.75) is 6.54 Å². The van der Waals surface area contributed by atoms with Crippen molar-refractivity contribution >= 4 is 28.3 Å². The lowest BCUT2D eigenvalue weighted by Crippen LogP contribution is -1.97. The van der Waals surface area contributed by atoms with Gasteiger partial charge >= 0.3 is 5.97 Å². The molecule has 0 aliphatic carbocycles. The Hall–Kier alpha value is -2.14. The standard InChI is InChI=1S/C13H10N2O2S/c16-13(17)9-3-4-12-11(6-9)14-8-15(12)7-10-2-1-5-18-10/h1-6,8H,7H2,(H,16,17). The van der Waals surface area contributed by atoms with Crippen molar-refractivity contribution in [2.24, 2.45) is 0 Å². The van der Waals surface area contributed by atoms with Crippen molar-refractivity contribution in [1.29, 1.82) is 0 Å². The van der Waals surface area contributed by atoms with E-state index >= 15 is 0 Å². The average molecular weight is 258 g/mol. The molecule has 2 aromatic heterocycles. The van der Waals surface area contributed by atoms with E-state index < -0.39 is 5.97 Å². The van der Waals surface area contributed by atoms with Crippen molar-refractivity contribution in [2.75, 3.05) is 0 Å². The van der Waals surface area contributed by atoms with Gasteiger partial charge in [-0.2, -0.15) is 0 Å². The average Bonchev–Trinajstić information content (AvgIpc) is 2.99. The molecule has 4 nitrogen and oxygen atoms in total. The maximum Gasteiger partial charge on any atom is 0.335 e. The Morgan fingerprint density at radius 2 is 2.28 bits per heavy atom.